The van der Waals surface area contributed by atoms with Gasteiger partial charge >= 0.3 is 6.03 Å². The quantitative estimate of drug-likeness (QED) is 0.688. The van der Waals surface area contributed by atoms with Crippen LogP contribution in [0.25, 0.3) is 0 Å². The highest BCUT2D eigenvalue weighted by molar-refractivity contribution is 9.10. The van der Waals surface area contributed by atoms with Crippen molar-refractivity contribution in [3.05, 3.63) is 57.5 Å². The van der Waals surface area contributed by atoms with E-state index in [1.54, 1.807) is 42.5 Å². The van der Waals surface area contributed by atoms with Gasteiger partial charge in [-0.1, -0.05) is 29.9 Å². The number of amides is 2. The second-order valence-electron chi connectivity index (χ2n) is 4.15. The van der Waals surface area contributed by atoms with Crippen molar-refractivity contribution in [3.63, 3.8) is 0 Å². The highest BCUT2D eigenvalue weighted by Gasteiger charge is 2.07. The molecule has 0 spiro atoms. The highest BCUT2D eigenvalue weighted by Crippen LogP contribution is 2.24. The van der Waals surface area contributed by atoms with Crippen LogP contribution in [-0.4, -0.2) is 11.0 Å². The third-order valence-electron chi connectivity index (χ3n) is 2.58. The summed E-state index contributed by atoms with van der Waals surface area (Å²) >= 11 is 14.1. The van der Waals surface area contributed by atoms with E-state index >= 15 is 0 Å². The van der Waals surface area contributed by atoms with E-state index in [0.29, 0.717) is 25.9 Å². The van der Waals surface area contributed by atoms with Crippen LogP contribution in [0.4, 0.5) is 16.2 Å². The molecule has 0 fully saturated rings. The Labute approximate surface area is 140 Å². The fourth-order valence-electron chi connectivity index (χ4n) is 1.62. The summed E-state index contributed by atoms with van der Waals surface area (Å²) in [5.41, 5.74) is 7.48. The number of halogens is 2. The fourth-order valence-corrected chi connectivity index (χ4v) is 2.42. The van der Waals surface area contributed by atoms with E-state index in [-0.39, 0.29) is 6.03 Å². The minimum absolute atomic E-state index is 0.297. The number of benzene rings is 2. The first-order chi connectivity index (χ1) is 9.95. The zero-order valence-corrected chi connectivity index (χ0v) is 13.8. The molecule has 0 saturated carbocycles. The van der Waals surface area contributed by atoms with Crippen molar-refractivity contribution in [1.29, 1.82) is 0 Å². The van der Waals surface area contributed by atoms with Crippen molar-refractivity contribution in [2.24, 2.45) is 5.73 Å². The molecule has 2 aromatic rings. The summed E-state index contributed by atoms with van der Waals surface area (Å²) in [6.45, 7) is 0. The molecule has 2 rings (SSSR count). The Morgan fingerprint density at radius 3 is 2.57 bits per heavy atom. The molecule has 0 atom stereocenters. The number of hydrogen-bond donors (Lipinski definition) is 3. The van der Waals surface area contributed by atoms with Crippen LogP contribution in [0.1, 0.15) is 5.56 Å². The van der Waals surface area contributed by atoms with Crippen LogP contribution in [0.5, 0.6) is 0 Å². The first-order valence-electron chi connectivity index (χ1n) is 5.88. The number of hydrogen-bond acceptors (Lipinski definition) is 2. The van der Waals surface area contributed by atoms with Crippen molar-refractivity contribution in [2.45, 2.75) is 0 Å². The van der Waals surface area contributed by atoms with E-state index in [9.17, 15) is 4.79 Å². The second kappa shape index (κ2) is 6.89. The maximum Gasteiger partial charge on any atom is 0.323 e. The van der Waals surface area contributed by atoms with Gasteiger partial charge in [-0.05, 0) is 52.3 Å². The monoisotopic (exact) mass is 383 g/mol. The van der Waals surface area contributed by atoms with Crippen LogP contribution in [0.2, 0.25) is 5.02 Å². The highest BCUT2D eigenvalue weighted by atomic mass is 79.9. The van der Waals surface area contributed by atoms with Gasteiger partial charge in [-0.3, -0.25) is 0 Å². The Bertz CT molecular complexity index is 708. The Balaban J connectivity index is 2.08. The van der Waals surface area contributed by atoms with Crippen LogP contribution in [-0.2, 0) is 0 Å². The van der Waals surface area contributed by atoms with Crippen molar-refractivity contribution >= 4 is 62.1 Å². The zero-order chi connectivity index (χ0) is 15.4. The van der Waals surface area contributed by atoms with Crippen LogP contribution >= 0.6 is 39.7 Å². The van der Waals surface area contributed by atoms with Gasteiger partial charge in [0.25, 0.3) is 0 Å². The number of rotatable bonds is 3. The summed E-state index contributed by atoms with van der Waals surface area (Å²) in [5, 5.41) is 5.96. The van der Waals surface area contributed by atoms with Crippen LogP contribution in [0, 0.1) is 0 Å². The molecule has 0 aliphatic carbocycles. The zero-order valence-electron chi connectivity index (χ0n) is 10.7. The van der Waals surface area contributed by atoms with Gasteiger partial charge in [-0.2, -0.15) is 0 Å². The van der Waals surface area contributed by atoms with Gasteiger partial charge in [-0.15, -0.1) is 0 Å². The van der Waals surface area contributed by atoms with Crippen LogP contribution in [0.15, 0.2) is 46.9 Å². The van der Waals surface area contributed by atoms with E-state index in [2.05, 4.69) is 26.6 Å². The van der Waals surface area contributed by atoms with Crippen molar-refractivity contribution < 1.29 is 4.79 Å². The number of carbonyl (C=O) groups is 1. The Morgan fingerprint density at radius 1 is 1.19 bits per heavy atom. The molecule has 0 bridgehead atoms. The summed E-state index contributed by atoms with van der Waals surface area (Å²) in [4.78, 5) is 12.2. The van der Waals surface area contributed by atoms with Crippen molar-refractivity contribution in [1.82, 2.24) is 0 Å². The Morgan fingerprint density at radius 2 is 1.95 bits per heavy atom. The number of carbonyl (C=O) groups excluding carboxylic acids is 1. The number of thiocarbonyl (C=S) groups is 1. The molecular formula is C14H11BrClN3OS. The lowest BCUT2D eigenvalue weighted by atomic mass is 10.2. The van der Waals surface area contributed by atoms with E-state index in [1.807, 2.05) is 0 Å². The third kappa shape index (κ3) is 4.42. The van der Waals surface area contributed by atoms with Gasteiger partial charge in [0.05, 0.1) is 5.69 Å². The molecule has 7 heteroatoms. The molecule has 0 radical (unpaired) electrons. The summed E-state index contributed by atoms with van der Waals surface area (Å²) in [7, 11) is 0. The summed E-state index contributed by atoms with van der Waals surface area (Å²) in [6, 6.07) is 11.7. The van der Waals surface area contributed by atoms with E-state index in [1.165, 1.54) is 0 Å². The smallest absolute Gasteiger partial charge is 0.323 e. The number of urea groups is 1. The van der Waals surface area contributed by atoms with Gasteiger partial charge in [0.2, 0.25) is 0 Å². The molecule has 0 saturated heterocycles. The average Bonchev–Trinajstić information content (AvgIpc) is 2.40. The van der Waals surface area contributed by atoms with Crippen molar-refractivity contribution in [2.75, 3.05) is 10.6 Å². The van der Waals surface area contributed by atoms with E-state index in [0.717, 1.165) is 5.56 Å². The molecule has 0 aliphatic heterocycles. The van der Waals surface area contributed by atoms with Gasteiger partial charge in [0.1, 0.15) is 4.99 Å². The molecule has 2 aromatic carbocycles. The SMILES string of the molecule is NC(=S)c1ccc(NC(=O)Nc2cccc(Cl)c2)c(Br)c1. The average molecular weight is 385 g/mol. The Hall–Kier alpha value is -1.63. The molecular weight excluding hydrogens is 374 g/mol. The first-order valence-corrected chi connectivity index (χ1v) is 7.46. The van der Waals surface area contributed by atoms with E-state index in [4.69, 9.17) is 29.6 Å². The molecule has 0 aliphatic rings. The summed E-state index contributed by atoms with van der Waals surface area (Å²) in [6.07, 6.45) is 0. The maximum atomic E-state index is 11.9. The van der Waals surface area contributed by atoms with Crippen LogP contribution < -0.4 is 16.4 Å². The lowest BCUT2D eigenvalue weighted by Gasteiger charge is -2.10. The number of nitrogens with two attached hydrogens (primary N) is 1. The van der Waals surface area contributed by atoms with Crippen molar-refractivity contribution in [3.8, 4) is 0 Å². The van der Waals surface area contributed by atoms with E-state index < -0.39 is 0 Å². The predicted molar refractivity (Wildman–Crippen MR) is 94.1 cm³/mol. The summed E-state index contributed by atoms with van der Waals surface area (Å²) < 4.78 is 0.689. The molecule has 2 amide bonds. The molecule has 21 heavy (non-hydrogen) atoms. The predicted octanol–water partition coefficient (Wildman–Crippen LogP) is 4.38. The topological polar surface area (TPSA) is 67.1 Å². The second-order valence-corrected chi connectivity index (χ2v) is 5.88. The normalized spacial score (nSPS) is 10.0. The van der Waals surface area contributed by atoms with Gasteiger partial charge in [-0.25, -0.2) is 4.79 Å². The molecule has 108 valence electrons. The number of nitrogens with one attached hydrogen (secondary N) is 2. The lowest BCUT2D eigenvalue weighted by molar-refractivity contribution is 0.262. The third-order valence-corrected chi connectivity index (χ3v) is 3.71. The minimum atomic E-state index is -0.374. The molecule has 0 unspecified atom stereocenters. The molecule has 4 N–H and O–H groups in total. The van der Waals surface area contributed by atoms with Gasteiger partial charge in [0.15, 0.2) is 0 Å². The number of anilines is 2. The van der Waals surface area contributed by atoms with Gasteiger partial charge < -0.3 is 16.4 Å². The maximum absolute atomic E-state index is 11.9. The summed E-state index contributed by atoms with van der Waals surface area (Å²) in [5.74, 6) is 0. The fraction of sp³-hybridized carbons (Fsp3) is 0. The largest absolute Gasteiger partial charge is 0.389 e. The molecule has 0 heterocycles. The molecule has 0 aromatic heterocycles. The molecule has 4 nitrogen and oxygen atoms in total. The first kappa shape index (κ1) is 15.8. The van der Waals surface area contributed by atoms with Crippen LogP contribution in [0.3, 0.4) is 0 Å². The lowest BCUT2D eigenvalue weighted by Crippen LogP contribution is -2.20. The van der Waals surface area contributed by atoms with Gasteiger partial charge in [0, 0.05) is 20.7 Å². The minimum Gasteiger partial charge on any atom is -0.389 e. The Kier molecular flexibility index (Phi) is 5.17. The standard InChI is InChI=1S/C14H11BrClN3OS/c15-11-6-8(13(17)21)4-5-12(11)19-14(20)18-10-3-1-2-9(16)7-10/h1-7H,(H2,17,21)(H2,18,19,20).